The van der Waals surface area contributed by atoms with E-state index >= 15 is 0 Å². The average Bonchev–Trinajstić information content (AvgIpc) is 2.23. The van der Waals surface area contributed by atoms with Crippen LogP contribution in [0, 0.1) is 0 Å². The molecule has 0 spiro atoms. The Morgan fingerprint density at radius 2 is 1.58 bits per heavy atom. The second-order valence-corrected chi connectivity index (χ2v) is 3.31. The summed E-state index contributed by atoms with van der Waals surface area (Å²) in [6, 6.07) is 0. The second-order valence-electron chi connectivity index (χ2n) is 3.31. The Labute approximate surface area is 109 Å². The van der Waals surface area contributed by atoms with E-state index in [0.29, 0.717) is 6.54 Å². The van der Waals surface area contributed by atoms with Crippen LogP contribution >= 0.6 is 0 Å². The number of rotatable bonds is 6. The largest absolute Gasteiger partial charge is 0.481 e. The molecule has 9 heteroatoms. The minimum atomic E-state index is -1.15. The molecule has 19 heavy (non-hydrogen) atoms. The number of carbonyl (C=O) groups excluding carboxylic acids is 1. The molecule has 0 aromatic heterocycles. The SMILES string of the molecule is CC(=O)N(CCC(=O)O)CC(=O)O.CCNC(=O)O. The second kappa shape index (κ2) is 10.8. The third-order valence-corrected chi connectivity index (χ3v) is 1.70. The highest BCUT2D eigenvalue weighted by Crippen LogP contribution is 1.92. The van der Waals surface area contributed by atoms with Crippen LogP contribution in [-0.4, -0.2) is 63.8 Å². The maximum Gasteiger partial charge on any atom is 0.404 e. The fourth-order valence-corrected chi connectivity index (χ4v) is 0.893. The van der Waals surface area contributed by atoms with Crippen molar-refractivity contribution in [1.29, 1.82) is 0 Å². The third-order valence-electron chi connectivity index (χ3n) is 1.70. The minimum absolute atomic E-state index is 0.0725. The van der Waals surface area contributed by atoms with Gasteiger partial charge in [-0.25, -0.2) is 4.79 Å². The zero-order valence-corrected chi connectivity index (χ0v) is 10.8. The van der Waals surface area contributed by atoms with Crippen molar-refractivity contribution in [3.8, 4) is 0 Å². The number of carboxylic acid groups (broad SMARTS) is 3. The normalized spacial score (nSPS) is 8.74. The number of nitrogens with zero attached hydrogens (tertiary/aromatic N) is 1. The summed E-state index contributed by atoms with van der Waals surface area (Å²) in [7, 11) is 0. The summed E-state index contributed by atoms with van der Waals surface area (Å²) in [4.78, 5) is 41.6. The van der Waals surface area contributed by atoms with E-state index in [-0.39, 0.29) is 13.0 Å². The van der Waals surface area contributed by atoms with E-state index in [1.807, 2.05) is 0 Å². The first-order valence-corrected chi connectivity index (χ1v) is 5.36. The van der Waals surface area contributed by atoms with E-state index in [0.717, 1.165) is 4.90 Å². The van der Waals surface area contributed by atoms with Gasteiger partial charge in [-0.05, 0) is 6.92 Å². The molecule has 0 aliphatic rings. The van der Waals surface area contributed by atoms with Crippen molar-refractivity contribution in [1.82, 2.24) is 10.2 Å². The fraction of sp³-hybridized carbons (Fsp3) is 0.600. The van der Waals surface area contributed by atoms with E-state index in [1.54, 1.807) is 6.92 Å². The molecule has 0 aromatic rings. The number of carbonyl (C=O) groups is 4. The van der Waals surface area contributed by atoms with Crippen molar-refractivity contribution in [3.05, 3.63) is 0 Å². The standard InChI is InChI=1S/C7H11NO5.C3H7NO2/c1-5(9)8(4-7(12)13)3-2-6(10)11;1-2-4-3(5)6/h2-4H2,1H3,(H,10,11)(H,12,13);4H,2H2,1H3,(H,5,6). The number of amides is 2. The van der Waals surface area contributed by atoms with Gasteiger partial charge in [0, 0.05) is 20.0 Å². The average molecular weight is 278 g/mol. The highest BCUT2D eigenvalue weighted by molar-refractivity contribution is 5.80. The summed E-state index contributed by atoms with van der Waals surface area (Å²) >= 11 is 0. The van der Waals surface area contributed by atoms with E-state index in [9.17, 15) is 19.2 Å². The van der Waals surface area contributed by atoms with Crippen LogP contribution in [0.5, 0.6) is 0 Å². The Morgan fingerprint density at radius 3 is 1.79 bits per heavy atom. The van der Waals surface area contributed by atoms with Crippen LogP contribution < -0.4 is 5.32 Å². The van der Waals surface area contributed by atoms with Crippen molar-refractivity contribution >= 4 is 23.9 Å². The summed E-state index contributed by atoms with van der Waals surface area (Å²) < 4.78 is 0. The smallest absolute Gasteiger partial charge is 0.404 e. The topological polar surface area (TPSA) is 144 Å². The Balaban J connectivity index is 0. The van der Waals surface area contributed by atoms with Crippen LogP contribution in [0.4, 0.5) is 4.79 Å². The van der Waals surface area contributed by atoms with Gasteiger partial charge >= 0.3 is 18.0 Å². The quantitative estimate of drug-likeness (QED) is 0.520. The van der Waals surface area contributed by atoms with Gasteiger partial charge in [-0.3, -0.25) is 14.4 Å². The van der Waals surface area contributed by atoms with Gasteiger partial charge in [0.1, 0.15) is 6.54 Å². The Kier molecular flexibility index (Phi) is 10.8. The van der Waals surface area contributed by atoms with Crippen molar-refractivity contribution < 1.29 is 34.5 Å². The maximum absolute atomic E-state index is 10.8. The van der Waals surface area contributed by atoms with Gasteiger partial charge in [0.25, 0.3) is 0 Å². The van der Waals surface area contributed by atoms with Crippen LogP contribution in [0.15, 0.2) is 0 Å². The van der Waals surface area contributed by atoms with Crippen molar-refractivity contribution in [2.45, 2.75) is 20.3 Å². The summed E-state index contributed by atoms with van der Waals surface area (Å²) in [6.45, 7) is 2.88. The lowest BCUT2D eigenvalue weighted by atomic mass is 10.3. The third kappa shape index (κ3) is 15.7. The monoisotopic (exact) mass is 278 g/mol. The van der Waals surface area contributed by atoms with Crippen LogP contribution in [0.25, 0.3) is 0 Å². The highest BCUT2D eigenvalue weighted by Gasteiger charge is 2.13. The molecule has 9 nitrogen and oxygen atoms in total. The van der Waals surface area contributed by atoms with Crippen LogP contribution in [0.1, 0.15) is 20.3 Å². The fourth-order valence-electron chi connectivity index (χ4n) is 0.893. The van der Waals surface area contributed by atoms with Crippen molar-refractivity contribution in [2.75, 3.05) is 19.6 Å². The minimum Gasteiger partial charge on any atom is -0.481 e. The molecule has 0 heterocycles. The highest BCUT2D eigenvalue weighted by atomic mass is 16.4. The van der Waals surface area contributed by atoms with E-state index in [2.05, 4.69) is 5.32 Å². The van der Waals surface area contributed by atoms with Gasteiger partial charge in [0.05, 0.1) is 6.42 Å². The molecule has 0 aliphatic heterocycles. The first kappa shape index (κ1) is 19.0. The lowest BCUT2D eigenvalue weighted by Crippen LogP contribution is -2.35. The zero-order valence-electron chi connectivity index (χ0n) is 10.8. The van der Waals surface area contributed by atoms with Crippen LogP contribution in [-0.2, 0) is 14.4 Å². The van der Waals surface area contributed by atoms with E-state index < -0.39 is 30.5 Å². The van der Waals surface area contributed by atoms with Crippen LogP contribution in [0.3, 0.4) is 0 Å². The number of nitrogens with one attached hydrogen (secondary N) is 1. The predicted molar refractivity (Wildman–Crippen MR) is 63.8 cm³/mol. The molecule has 0 aromatic carbocycles. The molecule has 110 valence electrons. The molecule has 0 bridgehead atoms. The molecule has 0 saturated heterocycles. The molecular weight excluding hydrogens is 260 g/mol. The lowest BCUT2D eigenvalue weighted by Gasteiger charge is -2.16. The van der Waals surface area contributed by atoms with Gasteiger partial charge < -0.3 is 25.5 Å². The maximum atomic E-state index is 10.8. The summed E-state index contributed by atoms with van der Waals surface area (Å²) in [5, 5.41) is 26.6. The van der Waals surface area contributed by atoms with E-state index in [4.69, 9.17) is 15.3 Å². The first-order valence-electron chi connectivity index (χ1n) is 5.36. The molecule has 2 amide bonds. The molecule has 0 rings (SSSR count). The van der Waals surface area contributed by atoms with Gasteiger partial charge in [0.2, 0.25) is 5.91 Å². The molecule has 0 unspecified atom stereocenters. The van der Waals surface area contributed by atoms with E-state index in [1.165, 1.54) is 6.92 Å². The number of carboxylic acids is 2. The molecule has 0 fully saturated rings. The summed E-state index contributed by atoms with van der Waals surface area (Å²) in [5.41, 5.74) is 0. The van der Waals surface area contributed by atoms with Crippen molar-refractivity contribution in [3.63, 3.8) is 0 Å². The Morgan fingerprint density at radius 1 is 1.05 bits per heavy atom. The van der Waals surface area contributed by atoms with Crippen LogP contribution in [0.2, 0.25) is 0 Å². The predicted octanol–water partition coefficient (Wildman–Crippen LogP) is -0.332. The number of hydrogen-bond donors (Lipinski definition) is 4. The molecule has 0 aliphatic carbocycles. The molecule has 4 N–H and O–H groups in total. The summed E-state index contributed by atoms with van der Waals surface area (Å²) in [6.07, 6.45) is -1.20. The first-order chi connectivity index (χ1) is 8.70. The van der Waals surface area contributed by atoms with Gasteiger partial charge in [-0.15, -0.1) is 0 Å². The van der Waals surface area contributed by atoms with Gasteiger partial charge in [0.15, 0.2) is 0 Å². The molecule has 0 radical (unpaired) electrons. The molecular formula is C10H18N2O7. The zero-order chi connectivity index (χ0) is 15.4. The molecule has 0 atom stereocenters. The number of aliphatic carboxylic acids is 2. The summed E-state index contributed by atoms with van der Waals surface area (Å²) in [5.74, 6) is -2.65. The van der Waals surface area contributed by atoms with Gasteiger partial charge in [-0.1, -0.05) is 0 Å². The lowest BCUT2D eigenvalue weighted by molar-refractivity contribution is -0.145. The van der Waals surface area contributed by atoms with Gasteiger partial charge in [-0.2, -0.15) is 0 Å². The Bertz CT molecular complexity index is 330. The Hall–Kier alpha value is -2.32. The number of hydrogen-bond acceptors (Lipinski definition) is 4. The molecule has 0 saturated carbocycles. The van der Waals surface area contributed by atoms with Crippen molar-refractivity contribution in [2.24, 2.45) is 0 Å².